The Hall–Kier alpha value is -4.06. The van der Waals surface area contributed by atoms with Crippen LogP contribution in [0.2, 0.25) is 0 Å². The molecule has 37 heavy (non-hydrogen) atoms. The Morgan fingerprint density at radius 3 is 2.38 bits per heavy atom. The van der Waals surface area contributed by atoms with E-state index in [1.807, 2.05) is 68.4 Å². The second kappa shape index (κ2) is 9.43. The quantitative estimate of drug-likeness (QED) is 0.367. The van der Waals surface area contributed by atoms with Crippen LogP contribution in [0.1, 0.15) is 58.9 Å². The van der Waals surface area contributed by atoms with Gasteiger partial charge in [0.05, 0.1) is 6.54 Å². The topological polar surface area (TPSA) is 71.6 Å². The SMILES string of the molecule is Cc1cc(C)c2cc(CN(Cc3ccc4c(c3)OCO4)C(=O)c3ccc(C(C)(C)C)cc3)c(=O)[nH]c2c1. The van der Waals surface area contributed by atoms with Gasteiger partial charge in [0.25, 0.3) is 11.5 Å². The van der Waals surface area contributed by atoms with Crippen molar-refractivity contribution in [3.63, 3.8) is 0 Å². The lowest BCUT2D eigenvalue weighted by Crippen LogP contribution is -2.32. The van der Waals surface area contributed by atoms with Gasteiger partial charge in [-0.05, 0) is 77.9 Å². The van der Waals surface area contributed by atoms with Crippen LogP contribution in [0.5, 0.6) is 11.5 Å². The van der Waals surface area contributed by atoms with Crippen LogP contribution in [0, 0.1) is 13.8 Å². The molecule has 1 amide bonds. The number of carbonyl (C=O) groups is 1. The number of rotatable bonds is 5. The van der Waals surface area contributed by atoms with E-state index in [4.69, 9.17) is 9.47 Å². The van der Waals surface area contributed by atoms with Gasteiger partial charge in [-0.2, -0.15) is 0 Å². The minimum atomic E-state index is -0.191. The fourth-order valence-corrected chi connectivity index (χ4v) is 4.79. The number of amides is 1. The molecule has 6 heteroatoms. The van der Waals surface area contributed by atoms with Gasteiger partial charge in [0.2, 0.25) is 6.79 Å². The Morgan fingerprint density at radius 2 is 1.65 bits per heavy atom. The van der Waals surface area contributed by atoms with Crippen molar-refractivity contribution in [2.75, 3.05) is 6.79 Å². The summed E-state index contributed by atoms with van der Waals surface area (Å²) in [5, 5.41) is 0.977. The zero-order valence-corrected chi connectivity index (χ0v) is 22.0. The summed E-state index contributed by atoms with van der Waals surface area (Å²) < 4.78 is 11.0. The van der Waals surface area contributed by atoms with E-state index < -0.39 is 0 Å². The van der Waals surface area contributed by atoms with Crippen LogP contribution in [-0.4, -0.2) is 22.6 Å². The first kappa shape index (κ1) is 24.6. The van der Waals surface area contributed by atoms with Crippen LogP contribution in [0.25, 0.3) is 10.9 Å². The van der Waals surface area contributed by atoms with E-state index in [0.29, 0.717) is 29.2 Å². The molecular weight excluding hydrogens is 464 g/mol. The molecule has 0 radical (unpaired) electrons. The van der Waals surface area contributed by atoms with Crippen molar-refractivity contribution in [3.05, 3.63) is 104 Å². The van der Waals surface area contributed by atoms with E-state index in [1.165, 1.54) is 0 Å². The normalized spacial score (nSPS) is 12.7. The first-order chi connectivity index (χ1) is 17.6. The van der Waals surface area contributed by atoms with Crippen molar-refractivity contribution in [3.8, 4) is 11.5 Å². The van der Waals surface area contributed by atoms with Gasteiger partial charge < -0.3 is 19.4 Å². The molecule has 0 aliphatic carbocycles. The second-order valence-corrected chi connectivity index (χ2v) is 10.8. The fourth-order valence-electron chi connectivity index (χ4n) is 4.79. The molecular formula is C31H32N2O4. The second-order valence-electron chi connectivity index (χ2n) is 10.8. The average Bonchev–Trinajstić information content (AvgIpc) is 3.31. The number of aromatic nitrogens is 1. The molecule has 1 aliphatic heterocycles. The van der Waals surface area contributed by atoms with E-state index in [9.17, 15) is 9.59 Å². The number of ether oxygens (including phenoxy) is 2. The van der Waals surface area contributed by atoms with E-state index in [2.05, 4.69) is 31.8 Å². The van der Waals surface area contributed by atoms with Crippen molar-refractivity contribution >= 4 is 16.8 Å². The molecule has 0 saturated carbocycles. The number of carbonyl (C=O) groups excluding carboxylic acids is 1. The highest BCUT2D eigenvalue weighted by molar-refractivity contribution is 5.94. The number of nitrogens with one attached hydrogen (secondary N) is 1. The highest BCUT2D eigenvalue weighted by Gasteiger charge is 2.22. The molecule has 0 spiro atoms. The van der Waals surface area contributed by atoms with Crippen LogP contribution in [-0.2, 0) is 18.5 Å². The van der Waals surface area contributed by atoms with Gasteiger partial charge in [-0.25, -0.2) is 0 Å². The number of aryl methyl sites for hydroxylation is 2. The van der Waals surface area contributed by atoms with Gasteiger partial charge in [-0.3, -0.25) is 9.59 Å². The fraction of sp³-hybridized carbons (Fsp3) is 0.290. The zero-order chi connectivity index (χ0) is 26.3. The summed E-state index contributed by atoms with van der Waals surface area (Å²) >= 11 is 0. The number of pyridine rings is 1. The molecule has 1 aliphatic rings. The molecule has 4 aromatic rings. The van der Waals surface area contributed by atoms with Gasteiger partial charge in [-0.1, -0.05) is 45.0 Å². The Kier molecular flexibility index (Phi) is 6.28. The number of hydrogen-bond acceptors (Lipinski definition) is 4. The molecule has 0 unspecified atom stereocenters. The maximum Gasteiger partial charge on any atom is 0.254 e. The van der Waals surface area contributed by atoms with Crippen LogP contribution in [0.4, 0.5) is 0 Å². The molecule has 3 aromatic carbocycles. The third-order valence-corrected chi connectivity index (χ3v) is 6.85. The molecule has 0 fully saturated rings. The molecule has 6 nitrogen and oxygen atoms in total. The Morgan fingerprint density at radius 1 is 0.919 bits per heavy atom. The van der Waals surface area contributed by atoms with E-state index >= 15 is 0 Å². The van der Waals surface area contributed by atoms with Crippen molar-refractivity contribution in [1.82, 2.24) is 9.88 Å². The summed E-state index contributed by atoms with van der Waals surface area (Å²) in [6, 6.07) is 19.4. The predicted octanol–water partition coefficient (Wildman–Crippen LogP) is 6.01. The summed E-state index contributed by atoms with van der Waals surface area (Å²) in [7, 11) is 0. The molecule has 1 N–H and O–H groups in total. The molecule has 0 atom stereocenters. The Labute approximate surface area is 216 Å². The Balaban J connectivity index is 1.51. The summed E-state index contributed by atoms with van der Waals surface area (Å²) in [4.78, 5) is 31.6. The molecule has 0 bridgehead atoms. The summed E-state index contributed by atoms with van der Waals surface area (Å²) in [5.41, 5.74) is 5.95. The van der Waals surface area contributed by atoms with Crippen LogP contribution >= 0.6 is 0 Å². The monoisotopic (exact) mass is 496 g/mol. The van der Waals surface area contributed by atoms with Crippen molar-refractivity contribution < 1.29 is 14.3 Å². The number of fused-ring (bicyclic) bond motifs is 2. The van der Waals surface area contributed by atoms with E-state index in [1.54, 1.807) is 4.90 Å². The van der Waals surface area contributed by atoms with Crippen molar-refractivity contribution in [1.29, 1.82) is 0 Å². The third-order valence-electron chi connectivity index (χ3n) is 6.85. The van der Waals surface area contributed by atoms with Crippen LogP contribution in [0.15, 0.2) is 65.5 Å². The summed E-state index contributed by atoms with van der Waals surface area (Å²) in [6.07, 6.45) is 0. The highest BCUT2D eigenvalue weighted by Crippen LogP contribution is 2.33. The number of hydrogen-bond donors (Lipinski definition) is 1. The lowest BCUT2D eigenvalue weighted by molar-refractivity contribution is 0.0729. The number of nitrogens with zero attached hydrogens (tertiary/aromatic N) is 1. The average molecular weight is 497 g/mol. The van der Waals surface area contributed by atoms with E-state index in [-0.39, 0.29) is 30.2 Å². The van der Waals surface area contributed by atoms with Crippen LogP contribution < -0.4 is 15.0 Å². The van der Waals surface area contributed by atoms with Gasteiger partial charge in [0, 0.05) is 28.6 Å². The molecule has 0 saturated heterocycles. The molecule has 1 aromatic heterocycles. The van der Waals surface area contributed by atoms with Crippen molar-refractivity contribution in [2.24, 2.45) is 0 Å². The summed E-state index contributed by atoms with van der Waals surface area (Å²) in [6.45, 7) is 11.2. The Bertz CT molecular complexity index is 1550. The highest BCUT2D eigenvalue weighted by atomic mass is 16.7. The molecule has 2 heterocycles. The van der Waals surface area contributed by atoms with Gasteiger partial charge >= 0.3 is 0 Å². The largest absolute Gasteiger partial charge is 0.454 e. The number of aromatic amines is 1. The molecule has 5 rings (SSSR count). The third kappa shape index (κ3) is 5.10. The lowest BCUT2D eigenvalue weighted by atomic mass is 9.86. The smallest absolute Gasteiger partial charge is 0.254 e. The zero-order valence-electron chi connectivity index (χ0n) is 22.0. The predicted molar refractivity (Wildman–Crippen MR) is 145 cm³/mol. The maximum atomic E-state index is 13.8. The first-order valence-electron chi connectivity index (χ1n) is 12.5. The number of benzene rings is 3. The first-order valence-corrected chi connectivity index (χ1v) is 12.5. The van der Waals surface area contributed by atoms with E-state index in [0.717, 1.165) is 33.2 Å². The van der Waals surface area contributed by atoms with Gasteiger partial charge in [0.15, 0.2) is 11.5 Å². The number of H-pyrrole nitrogens is 1. The van der Waals surface area contributed by atoms with Crippen LogP contribution in [0.3, 0.4) is 0 Å². The minimum Gasteiger partial charge on any atom is -0.454 e. The van der Waals surface area contributed by atoms with Gasteiger partial charge in [0.1, 0.15) is 0 Å². The minimum absolute atomic E-state index is 0.0116. The van der Waals surface area contributed by atoms with Crippen molar-refractivity contribution in [2.45, 2.75) is 53.1 Å². The standard InChI is InChI=1S/C31H32N2O4/c1-19-12-20(2)25-15-23(29(34)32-26(25)13-19)17-33(16-21-6-11-27-28(14-21)37-18-36-27)30(35)22-7-9-24(10-8-22)31(3,4)5/h6-15H,16-18H2,1-5H3,(H,32,34). The molecule has 190 valence electrons. The maximum absolute atomic E-state index is 13.8. The lowest BCUT2D eigenvalue weighted by Gasteiger charge is -2.24. The summed E-state index contributed by atoms with van der Waals surface area (Å²) in [5.74, 6) is 1.21. The van der Waals surface area contributed by atoms with Gasteiger partial charge in [-0.15, -0.1) is 0 Å².